The van der Waals surface area contributed by atoms with Gasteiger partial charge in [-0.05, 0) is 44.2 Å². The Balaban J connectivity index is 1.88. The van der Waals surface area contributed by atoms with Crippen LogP contribution in [0.5, 0.6) is 0 Å². The third-order valence-electron chi connectivity index (χ3n) is 5.29. The molecule has 2 N–H and O–H groups in total. The number of nitrogens with zero attached hydrogens (tertiary/aromatic N) is 1. The Labute approximate surface area is 207 Å². The molecule has 0 bridgehead atoms. The molecule has 2 amide bonds. The minimum atomic E-state index is -1.52. The van der Waals surface area contributed by atoms with Crippen LogP contribution in [0.15, 0.2) is 72.9 Å². The summed E-state index contributed by atoms with van der Waals surface area (Å²) < 4.78 is 17.0. The number of hydrogen-bond acceptors (Lipinski definition) is 7. The first-order chi connectivity index (χ1) is 16.6. The van der Waals surface area contributed by atoms with Crippen molar-refractivity contribution < 1.29 is 33.4 Å². The molecule has 35 heavy (non-hydrogen) atoms. The minimum absolute atomic E-state index is 0.270. The monoisotopic (exact) mass is 500 g/mol. The third-order valence-corrected chi connectivity index (χ3v) is 5.69. The first-order valence-electron chi connectivity index (χ1n) is 10.7. The molecule has 10 heteroatoms. The molecule has 0 unspecified atom stereocenters. The maximum Gasteiger partial charge on any atom is 0.338 e. The topological polar surface area (TPSA) is 125 Å². The van der Waals surface area contributed by atoms with Gasteiger partial charge in [0.15, 0.2) is 18.1 Å². The van der Waals surface area contributed by atoms with Crippen LogP contribution in [0, 0.1) is 0 Å². The Kier molecular flexibility index (Phi) is 8.26. The van der Waals surface area contributed by atoms with Gasteiger partial charge in [-0.1, -0.05) is 36.4 Å². The molecule has 0 aromatic heterocycles. The highest BCUT2D eigenvalue weighted by Gasteiger charge is 2.58. The Morgan fingerprint density at radius 3 is 2.09 bits per heavy atom. The van der Waals surface area contributed by atoms with Gasteiger partial charge in [0.1, 0.15) is 17.6 Å². The molecule has 1 heterocycles. The Morgan fingerprint density at radius 1 is 1.03 bits per heavy atom. The summed E-state index contributed by atoms with van der Waals surface area (Å²) in [6.45, 7) is 2.46. The summed E-state index contributed by atoms with van der Waals surface area (Å²) in [5.74, 6) is -1.65. The predicted molar refractivity (Wildman–Crippen MR) is 127 cm³/mol. The van der Waals surface area contributed by atoms with Crippen LogP contribution < -0.4 is 5.73 Å². The SMILES string of the molecule is CC(=O)/C=C\N(C(N)=O)[C@@H]1O[C@H](COC(=O)c2ccccc2)[C@@H](OC(=O)c2ccccc2)[C@@]1(C)Cl. The van der Waals surface area contributed by atoms with Gasteiger partial charge in [-0.15, -0.1) is 11.6 Å². The zero-order valence-electron chi connectivity index (χ0n) is 19.1. The van der Waals surface area contributed by atoms with E-state index in [-0.39, 0.29) is 18.0 Å². The van der Waals surface area contributed by atoms with Gasteiger partial charge in [0.05, 0.1) is 11.1 Å². The molecule has 1 fully saturated rings. The van der Waals surface area contributed by atoms with Crippen molar-refractivity contribution in [2.24, 2.45) is 5.73 Å². The molecule has 9 nitrogen and oxygen atoms in total. The number of rotatable bonds is 8. The van der Waals surface area contributed by atoms with Crippen LogP contribution >= 0.6 is 11.6 Å². The van der Waals surface area contributed by atoms with Gasteiger partial charge < -0.3 is 19.9 Å². The third kappa shape index (κ3) is 6.26. The number of halogens is 1. The van der Waals surface area contributed by atoms with Gasteiger partial charge >= 0.3 is 18.0 Å². The highest BCUT2D eigenvalue weighted by Crippen LogP contribution is 2.41. The summed E-state index contributed by atoms with van der Waals surface area (Å²) >= 11 is 6.80. The number of primary amides is 1. The van der Waals surface area contributed by atoms with E-state index in [0.717, 1.165) is 17.2 Å². The second-order valence-electron chi connectivity index (χ2n) is 8.01. The molecule has 184 valence electrons. The lowest BCUT2D eigenvalue weighted by Crippen LogP contribution is -2.52. The fraction of sp³-hybridized carbons (Fsp3) is 0.280. The summed E-state index contributed by atoms with van der Waals surface area (Å²) in [5, 5.41) is 0. The average molecular weight is 501 g/mol. The van der Waals surface area contributed by atoms with E-state index in [1.165, 1.54) is 13.8 Å². The zero-order chi connectivity index (χ0) is 25.6. The number of nitrogens with two attached hydrogens (primary N) is 1. The Bertz CT molecular complexity index is 1110. The molecule has 0 radical (unpaired) electrons. The van der Waals surface area contributed by atoms with Crippen LogP contribution in [0.2, 0.25) is 0 Å². The summed E-state index contributed by atoms with van der Waals surface area (Å²) in [5.41, 5.74) is 6.08. The molecule has 0 aliphatic carbocycles. The fourth-order valence-corrected chi connectivity index (χ4v) is 3.90. The van der Waals surface area contributed by atoms with E-state index in [4.69, 9.17) is 31.5 Å². The van der Waals surface area contributed by atoms with E-state index < -0.39 is 41.3 Å². The van der Waals surface area contributed by atoms with Crippen LogP contribution in [0.25, 0.3) is 0 Å². The van der Waals surface area contributed by atoms with Crippen LogP contribution in [0.4, 0.5) is 4.79 Å². The van der Waals surface area contributed by atoms with E-state index >= 15 is 0 Å². The highest BCUT2D eigenvalue weighted by molar-refractivity contribution is 6.25. The number of hydrogen-bond donors (Lipinski definition) is 1. The Hall–Kier alpha value is -3.69. The van der Waals surface area contributed by atoms with Crippen LogP contribution in [-0.2, 0) is 19.0 Å². The maximum absolute atomic E-state index is 12.8. The van der Waals surface area contributed by atoms with Gasteiger partial charge in [0, 0.05) is 6.20 Å². The number of urea groups is 1. The lowest BCUT2D eigenvalue weighted by atomic mass is 10.00. The molecule has 1 aliphatic heterocycles. The molecule has 1 aliphatic rings. The molecule has 4 atom stereocenters. The molecule has 0 saturated carbocycles. The van der Waals surface area contributed by atoms with E-state index in [1.54, 1.807) is 60.7 Å². The number of ketones is 1. The molecule has 2 aromatic carbocycles. The number of amides is 2. The lowest BCUT2D eigenvalue weighted by molar-refractivity contribution is -0.112. The fourth-order valence-electron chi connectivity index (χ4n) is 3.55. The normalized spacial score (nSPS) is 23.6. The summed E-state index contributed by atoms with van der Waals surface area (Å²) in [6.07, 6.45) is -1.18. The first-order valence-corrected chi connectivity index (χ1v) is 11.1. The van der Waals surface area contributed by atoms with Gasteiger partial charge in [-0.3, -0.25) is 9.69 Å². The zero-order valence-corrected chi connectivity index (χ0v) is 19.9. The summed E-state index contributed by atoms with van der Waals surface area (Å²) in [4.78, 5) is 48.3. The Morgan fingerprint density at radius 2 is 1.57 bits per heavy atom. The van der Waals surface area contributed by atoms with Crippen molar-refractivity contribution in [1.29, 1.82) is 0 Å². The number of benzene rings is 2. The van der Waals surface area contributed by atoms with Crippen molar-refractivity contribution >= 4 is 35.4 Å². The van der Waals surface area contributed by atoms with E-state index in [0.29, 0.717) is 5.56 Å². The quantitative estimate of drug-likeness (QED) is 0.335. The molecule has 1 saturated heterocycles. The van der Waals surface area contributed by atoms with E-state index in [1.807, 2.05) is 0 Å². The predicted octanol–water partition coefficient (Wildman–Crippen LogP) is 3.27. The van der Waals surface area contributed by atoms with Gasteiger partial charge in [0.25, 0.3) is 0 Å². The van der Waals surface area contributed by atoms with Crippen molar-refractivity contribution in [3.8, 4) is 0 Å². The molecular formula is C25H25ClN2O7. The van der Waals surface area contributed by atoms with Crippen molar-refractivity contribution in [2.45, 2.75) is 37.2 Å². The largest absolute Gasteiger partial charge is 0.459 e. The molecular weight excluding hydrogens is 476 g/mol. The second-order valence-corrected chi connectivity index (χ2v) is 8.82. The number of carbonyl (C=O) groups is 4. The van der Waals surface area contributed by atoms with E-state index in [2.05, 4.69) is 0 Å². The number of allylic oxidation sites excluding steroid dienone is 1. The first kappa shape index (κ1) is 25.9. The van der Waals surface area contributed by atoms with Crippen LogP contribution in [-0.4, -0.2) is 58.6 Å². The number of alkyl halides is 1. The molecule has 3 rings (SSSR count). The average Bonchev–Trinajstić information content (AvgIpc) is 3.08. The van der Waals surface area contributed by atoms with Gasteiger partial charge in [-0.2, -0.15) is 0 Å². The van der Waals surface area contributed by atoms with E-state index in [9.17, 15) is 19.2 Å². The summed E-state index contributed by atoms with van der Waals surface area (Å²) in [7, 11) is 0. The second kappa shape index (κ2) is 11.2. The van der Waals surface area contributed by atoms with Gasteiger partial charge in [0.2, 0.25) is 0 Å². The molecule has 0 spiro atoms. The van der Waals surface area contributed by atoms with Crippen molar-refractivity contribution in [1.82, 2.24) is 4.90 Å². The van der Waals surface area contributed by atoms with Crippen LogP contribution in [0.1, 0.15) is 34.6 Å². The number of ether oxygens (including phenoxy) is 3. The number of esters is 2. The number of carbonyl (C=O) groups excluding carboxylic acids is 4. The molecule has 2 aromatic rings. The smallest absolute Gasteiger partial charge is 0.338 e. The maximum atomic E-state index is 12.8. The summed E-state index contributed by atoms with van der Waals surface area (Å²) in [6, 6.07) is 15.6. The standard InChI is InChI=1S/C25H25ClN2O7/c1-16(29)13-14-28(24(27)32)23-25(2,26)20(35-22(31)18-11-7-4-8-12-18)19(34-23)15-33-21(30)17-9-5-3-6-10-17/h3-14,19-20,23H,15H2,1-2H3,(H2,27,32)/b14-13-/t19-,20-,23-,25-/m1/s1. The van der Waals surface area contributed by atoms with Crippen molar-refractivity contribution in [3.05, 3.63) is 84.1 Å². The van der Waals surface area contributed by atoms with Gasteiger partial charge in [-0.25, -0.2) is 14.4 Å². The van der Waals surface area contributed by atoms with Crippen molar-refractivity contribution in [2.75, 3.05) is 6.61 Å². The van der Waals surface area contributed by atoms with Crippen LogP contribution in [0.3, 0.4) is 0 Å². The van der Waals surface area contributed by atoms with Crippen molar-refractivity contribution in [3.63, 3.8) is 0 Å². The minimum Gasteiger partial charge on any atom is -0.459 e. The highest BCUT2D eigenvalue weighted by atomic mass is 35.5. The lowest BCUT2D eigenvalue weighted by Gasteiger charge is -2.33.